The first-order valence-corrected chi connectivity index (χ1v) is 0. The van der Waals surface area contributed by atoms with Crippen LogP contribution in [0.1, 0.15) is 0 Å². The Hall–Kier alpha value is 6.74. The van der Waals surface area contributed by atoms with Crippen LogP contribution in [0.15, 0.2) is 0 Å². The smallest absolute Gasteiger partial charge is 2.00 e. The molecule has 0 amide bonds. The Morgan fingerprint density at radius 1 is 0.222 bits per heavy atom. The summed E-state index contributed by atoms with van der Waals surface area (Å²) >= 11 is 0. The van der Waals surface area contributed by atoms with Crippen molar-refractivity contribution in [2.45, 2.75) is 0 Å². The fourth-order valence-corrected chi connectivity index (χ4v) is 0. The van der Waals surface area contributed by atoms with Gasteiger partial charge in [0.1, 0.15) is 0 Å². The normalized spacial score (nSPS) is 0. The van der Waals surface area contributed by atoms with Gasteiger partial charge < -0.3 is 54.8 Å². The van der Waals surface area contributed by atoms with Gasteiger partial charge in [-0.05, 0) is 0 Å². The average molecular weight is 486 g/mol. The number of hydrogen-bond acceptors (Lipinski definition) is 0. The van der Waals surface area contributed by atoms with Gasteiger partial charge in [0, 0.05) is 0 Å². The topological polar surface area (TPSA) is 285 Å². The van der Waals surface area contributed by atoms with Crippen molar-refractivity contribution in [3.8, 4) is 0 Å². The standard InChI is InChI=1S/2Al.4Ca.2Fe.10O/q2*+3;4*+2;2*+3;10*-2. The molecule has 0 atom stereocenters. The zero-order valence-electron chi connectivity index (χ0n) is 8.77. The first-order chi connectivity index (χ1) is 0. The van der Waals surface area contributed by atoms with Gasteiger partial charge in [0.05, 0.1) is 0 Å². The summed E-state index contributed by atoms with van der Waals surface area (Å²) in [4.78, 5) is 0. The predicted molar refractivity (Wildman–Crippen MR) is 41.4 cm³/mol. The molecule has 90 valence electrons. The van der Waals surface area contributed by atoms with Crippen molar-refractivity contribution in [2.24, 2.45) is 0 Å². The van der Waals surface area contributed by atoms with E-state index in [0.717, 1.165) is 0 Å². The fraction of sp³-hybridized carbons (Fsp3) is 0. The Kier molecular flexibility index (Phi) is 4600. The fourth-order valence-electron chi connectivity index (χ4n) is 0. The third kappa shape index (κ3) is 236. The summed E-state index contributed by atoms with van der Waals surface area (Å²) in [5, 5.41) is 0. The van der Waals surface area contributed by atoms with Gasteiger partial charge in [-0.2, -0.15) is 0 Å². The van der Waals surface area contributed by atoms with Crippen LogP contribution in [0.4, 0.5) is 0 Å². The van der Waals surface area contributed by atoms with Crippen molar-refractivity contribution in [1.82, 2.24) is 0 Å². The van der Waals surface area contributed by atoms with Gasteiger partial charge in [-0.3, -0.25) is 0 Å². The van der Waals surface area contributed by atoms with Gasteiger partial charge in [0.2, 0.25) is 0 Å². The van der Waals surface area contributed by atoms with Crippen LogP contribution in [-0.2, 0) is 88.9 Å². The Morgan fingerprint density at radius 2 is 0.222 bits per heavy atom. The van der Waals surface area contributed by atoms with Crippen LogP contribution in [0.3, 0.4) is 0 Å². The summed E-state index contributed by atoms with van der Waals surface area (Å²) in [6, 6.07) is 0. The number of hydrogen-bond donors (Lipinski definition) is 0. The Morgan fingerprint density at radius 3 is 0.222 bits per heavy atom. The maximum absolute atomic E-state index is 0. The largest absolute Gasteiger partial charge is 3.00 e. The van der Waals surface area contributed by atoms with Crippen LogP contribution in [0.25, 0.3) is 0 Å². The molecular formula is Al2Ca4Fe2O10. The molecule has 0 rings (SSSR count). The van der Waals surface area contributed by atoms with E-state index in [0.29, 0.717) is 0 Å². The van der Waals surface area contributed by atoms with Gasteiger partial charge in [-0.25, -0.2) is 0 Å². The molecule has 2 radical (unpaired) electrons. The summed E-state index contributed by atoms with van der Waals surface area (Å²) in [5.41, 5.74) is 0. The molecule has 10 nitrogen and oxygen atoms in total. The van der Waals surface area contributed by atoms with Crippen molar-refractivity contribution in [2.75, 3.05) is 0 Å². The van der Waals surface area contributed by atoms with E-state index in [1.807, 2.05) is 0 Å². The molecule has 0 aromatic carbocycles. The molecule has 18 heavy (non-hydrogen) atoms. The van der Waals surface area contributed by atoms with Crippen molar-refractivity contribution in [3.63, 3.8) is 0 Å². The van der Waals surface area contributed by atoms with Crippen LogP contribution in [0.2, 0.25) is 0 Å². The average Bonchev–Trinajstić information content (AvgIpc) is 0. The molecule has 0 spiro atoms. The van der Waals surface area contributed by atoms with Gasteiger partial charge in [-0.1, -0.05) is 0 Å². The maximum Gasteiger partial charge on any atom is 3.00 e. The first-order valence-electron chi connectivity index (χ1n) is 0. The summed E-state index contributed by atoms with van der Waals surface area (Å²) in [7, 11) is 0. The van der Waals surface area contributed by atoms with E-state index in [1.165, 1.54) is 0 Å². The Labute approximate surface area is 268 Å². The molecule has 0 fully saturated rings. The predicted octanol–water partition coefficient (Wildman–Crippen LogP) is -3.48. The molecule has 0 saturated heterocycles. The molecule has 0 aromatic heterocycles. The van der Waals surface area contributed by atoms with Crippen molar-refractivity contribution in [3.05, 3.63) is 0 Å². The van der Waals surface area contributed by atoms with E-state index >= 15 is 0 Å². The van der Waals surface area contributed by atoms with E-state index in [9.17, 15) is 0 Å². The van der Waals surface area contributed by atoms with E-state index < -0.39 is 0 Å². The molecule has 0 bridgehead atoms. The molecule has 0 N–H and O–H groups in total. The SMILES string of the molecule is [Al+3].[Al+3].[Ca+2].[Ca+2].[Ca+2].[Ca+2].[Fe+3].[Fe+3].[O-2].[O-2].[O-2].[O-2].[O-2].[O-2].[O-2].[O-2].[O-2].[O-2]. The van der Waals surface area contributed by atoms with Gasteiger partial charge in [-0.15, -0.1) is 0 Å². The molecule has 0 aliphatic carbocycles. The second-order valence-corrected chi connectivity index (χ2v) is 0. The van der Waals surface area contributed by atoms with Crippen molar-refractivity contribution >= 4 is 186 Å². The second kappa shape index (κ2) is 270. The Bertz CT molecular complexity index is 29.8. The molecular weight excluding hydrogens is 486 g/mol. The maximum atomic E-state index is 0. The van der Waals surface area contributed by atoms with E-state index in [1.54, 1.807) is 0 Å². The van der Waals surface area contributed by atoms with E-state index in [4.69, 9.17) is 0 Å². The van der Waals surface area contributed by atoms with Gasteiger partial charge in [0.25, 0.3) is 0 Å². The van der Waals surface area contributed by atoms with Crippen LogP contribution in [-0.4, -0.2) is 186 Å². The van der Waals surface area contributed by atoms with Gasteiger partial charge in [0.15, 0.2) is 0 Å². The summed E-state index contributed by atoms with van der Waals surface area (Å²) in [6.45, 7) is 0. The van der Waals surface area contributed by atoms with Gasteiger partial charge >= 0.3 is 220 Å². The summed E-state index contributed by atoms with van der Waals surface area (Å²) in [6.07, 6.45) is 0. The minimum atomic E-state index is 0. The Balaban J connectivity index is 0. The molecule has 0 aromatic rings. The molecule has 0 aliphatic rings. The summed E-state index contributed by atoms with van der Waals surface area (Å²) in [5.74, 6) is 0. The zero-order chi connectivity index (χ0) is 0. The summed E-state index contributed by atoms with van der Waals surface area (Å²) < 4.78 is 0. The molecule has 0 heterocycles. The van der Waals surface area contributed by atoms with Crippen LogP contribution in [0, 0.1) is 0 Å². The van der Waals surface area contributed by atoms with Crippen LogP contribution >= 0.6 is 0 Å². The minimum absolute atomic E-state index is 0. The van der Waals surface area contributed by atoms with Crippen LogP contribution < -0.4 is 0 Å². The first kappa shape index (κ1) is 307. The third-order valence-corrected chi connectivity index (χ3v) is 0. The van der Waals surface area contributed by atoms with Crippen molar-refractivity contribution in [1.29, 1.82) is 0 Å². The van der Waals surface area contributed by atoms with E-state index in [-0.39, 0.29) is 275 Å². The van der Waals surface area contributed by atoms with Crippen LogP contribution in [0.5, 0.6) is 0 Å². The zero-order valence-corrected chi connectivity index (χ0v) is 22.1. The molecule has 0 unspecified atom stereocenters. The molecule has 18 heteroatoms. The van der Waals surface area contributed by atoms with E-state index in [2.05, 4.69) is 0 Å². The second-order valence-electron chi connectivity index (χ2n) is 0. The monoisotopic (exact) mass is 486 g/mol. The number of rotatable bonds is 0. The minimum Gasteiger partial charge on any atom is -2.00 e. The molecule has 0 aliphatic heterocycles. The van der Waals surface area contributed by atoms with Crippen molar-refractivity contribution < 1.29 is 88.9 Å². The third-order valence-electron chi connectivity index (χ3n) is 0. The quantitative estimate of drug-likeness (QED) is 0.302. The molecule has 0 saturated carbocycles.